The molecule has 16 heavy (non-hydrogen) atoms. The number of nitrogens with zero attached hydrogens (tertiary/aromatic N) is 2. The largest absolute Gasteiger partial charge is 0.495 e. The molecular weight excluding hydrogens is 222 g/mol. The third-order valence-electron chi connectivity index (χ3n) is 1.96. The third-order valence-corrected chi connectivity index (χ3v) is 2.78. The molecule has 0 amide bonds. The van der Waals surface area contributed by atoms with E-state index in [9.17, 15) is 0 Å². The molecule has 1 aromatic heterocycles. The molecule has 0 saturated heterocycles. The average Bonchev–Trinajstić information content (AvgIpc) is 2.77. The van der Waals surface area contributed by atoms with E-state index >= 15 is 0 Å². The highest BCUT2D eigenvalue weighted by Gasteiger charge is 2.05. The Labute approximate surface area is 97.1 Å². The van der Waals surface area contributed by atoms with Crippen molar-refractivity contribution in [2.45, 2.75) is 0 Å². The molecule has 0 unspecified atom stereocenters. The second kappa shape index (κ2) is 4.64. The summed E-state index contributed by atoms with van der Waals surface area (Å²) < 4.78 is 5.20. The van der Waals surface area contributed by atoms with Crippen molar-refractivity contribution in [1.82, 2.24) is 4.98 Å². The number of nitriles is 1. The minimum Gasteiger partial charge on any atom is -0.495 e. The Hall–Kier alpha value is -2.06. The Morgan fingerprint density at radius 1 is 1.44 bits per heavy atom. The van der Waals surface area contributed by atoms with Gasteiger partial charge in [0.15, 0.2) is 5.13 Å². The highest BCUT2D eigenvalue weighted by atomic mass is 32.1. The number of para-hydroxylation sites is 2. The second-order valence-electron chi connectivity index (χ2n) is 2.97. The van der Waals surface area contributed by atoms with E-state index in [1.165, 1.54) is 11.3 Å². The fraction of sp³-hybridized carbons (Fsp3) is 0.0909. The van der Waals surface area contributed by atoms with Gasteiger partial charge in [0, 0.05) is 0 Å². The number of rotatable bonds is 3. The molecule has 0 fully saturated rings. The van der Waals surface area contributed by atoms with Crippen molar-refractivity contribution >= 4 is 22.2 Å². The van der Waals surface area contributed by atoms with E-state index < -0.39 is 0 Å². The number of nitrogens with one attached hydrogen (secondary N) is 1. The summed E-state index contributed by atoms with van der Waals surface area (Å²) in [6.07, 6.45) is 1.54. The summed E-state index contributed by atoms with van der Waals surface area (Å²) in [5.74, 6) is 0.746. The van der Waals surface area contributed by atoms with Crippen LogP contribution >= 0.6 is 11.3 Å². The van der Waals surface area contributed by atoms with Crippen LogP contribution in [0.3, 0.4) is 0 Å². The van der Waals surface area contributed by atoms with Crippen molar-refractivity contribution in [2.75, 3.05) is 12.4 Å². The average molecular weight is 231 g/mol. The summed E-state index contributed by atoms with van der Waals surface area (Å²) in [5, 5.41) is 12.5. The molecule has 0 radical (unpaired) electrons. The van der Waals surface area contributed by atoms with Crippen molar-refractivity contribution in [3.8, 4) is 11.8 Å². The summed E-state index contributed by atoms with van der Waals surface area (Å²) >= 11 is 1.31. The van der Waals surface area contributed by atoms with Crippen LogP contribution in [0.4, 0.5) is 10.8 Å². The van der Waals surface area contributed by atoms with E-state index in [0.717, 1.165) is 11.4 Å². The fourth-order valence-corrected chi connectivity index (χ4v) is 1.87. The van der Waals surface area contributed by atoms with Crippen LogP contribution in [0, 0.1) is 11.3 Å². The van der Waals surface area contributed by atoms with Gasteiger partial charge >= 0.3 is 0 Å². The number of anilines is 2. The molecule has 0 atom stereocenters. The molecule has 0 aliphatic carbocycles. The van der Waals surface area contributed by atoms with E-state index in [-0.39, 0.29) is 0 Å². The molecule has 0 bridgehead atoms. The maximum absolute atomic E-state index is 8.69. The summed E-state index contributed by atoms with van der Waals surface area (Å²) in [6.45, 7) is 0. The zero-order valence-corrected chi connectivity index (χ0v) is 9.41. The number of aromatic nitrogens is 1. The second-order valence-corrected chi connectivity index (χ2v) is 4.00. The first kappa shape index (κ1) is 10.5. The quantitative estimate of drug-likeness (QED) is 0.882. The van der Waals surface area contributed by atoms with Gasteiger partial charge in [-0.05, 0) is 12.1 Å². The van der Waals surface area contributed by atoms with Gasteiger partial charge < -0.3 is 10.1 Å². The minimum atomic E-state index is 0.581. The predicted molar refractivity (Wildman–Crippen MR) is 63.1 cm³/mol. The summed E-state index contributed by atoms with van der Waals surface area (Å²) in [6, 6.07) is 9.61. The first-order chi connectivity index (χ1) is 7.83. The van der Waals surface area contributed by atoms with Gasteiger partial charge in [-0.15, -0.1) is 0 Å². The highest BCUT2D eigenvalue weighted by Crippen LogP contribution is 2.28. The molecule has 0 saturated carbocycles. The van der Waals surface area contributed by atoms with Gasteiger partial charge in [0.25, 0.3) is 0 Å². The van der Waals surface area contributed by atoms with Gasteiger partial charge in [-0.25, -0.2) is 4.98 Å². The molecule has 0 aliphatic rings. The molecule has 1 heterocycles. The van der Waals surface area contributed by atoms with Crippen LogP contribution in [-0.4, -0.2) is 12.1 Å². The van der Waals surface area contributed by atoms with Crippen LogP contribution in [0.25, 0.3) is 0 Å². The first-order valence-electron chi connectivity index (χ1n) is 4.59. The minimum absolute atomic E-state index is 0.581. The normalized spacial score (nSPS) is 9.50. The highest BCUT2D eigenvalue weighted by molar-refractivity contribution is 7.16. The Kier molecular flexibility index (Phi) is 3.03. The maximum Gasteiger partial charge on any atom is 0.188 e. The molecule has 80 valence electrons. The lowest BCUT2D eigenvalue weighted by molar-refractivity contribution is 0.417. The van der Waals surface area contributed by atoms with Crippen LogP contribution in [-0.2, 0) is 0 Å². The zero-order chi connectivity index (χ0) is 11.4. The van der Waals surface area contributed by atoms with E-state index in [2.05, 4.69) is 10.3 Å². The van der Waals surface area contributed by atoms with Gasteiger partial charge in [0.05, 0.1) is 19.0 Å². The van der Waals surface area contributed by atoms with Crippen molar-refractivity contribution in [2.24, 2.45) is 0 Å². The van der Waals surface area contributed by atoms with E-state index in [4.69, 9.17) is 10.00 Å². The predicted octanol–water partition coefficient (Wildman–Crippen LogP) is 2.77. The van der Waals surface area contributed by atoms with Crippen LogP contribution in [0.2, 0.25) is 0 Å². The molecule has 0 aliphatic heterocycles. The number of hydrogen-bond donors (Lipinski definition) is 1. The summed E-state index contributed by atoms with van der Waals surface area (Å²) in [4.78, 5) is 4.67. The zero-order valence-electron chi connectivity index (χ0n) is 8.60. The van der Waals surface area contributed by atoms with Gasteiger partial charge in [-0.3, -0.25) is 0 Å². The summed E-state index contributed by atoms with van der Waals surface area (Å²) in [7, 11) is 1.61. The van der Waals surface area contributed by atoms with Gasteiger partial charge in [0.1, 0.15) is 16.7 Å². The van der Waals surface area contributed by atoms with E-state index in [1.54, 1.807) is 13.3 Å². The van der Waals surface area contributed by atoms with Crippen LogP contribution in [0.1, 0.15) is 4.88 Å². The van der Waals surface area contributed by atoms with Crippen LogP contribution in [0.5, 0.6) is 5.75 Å². The lowest BCUT2D eigenvalue weighted by Gasteiger charge is -2.07. The lowest BCUT2D eigenvalue weighted by Crippen LogP contribution is -1.93. The molecule has 4 nitrogen and oxygen atoms in total. The standard InChI is InChI=1S/C11H9N3OS/c1-15-10-5-3-2-4-9(10)14-11-13-7-8(6-12)16-11/h2-5,7H,1H3,(H,13,14). The fourth-order valence-electron chi connectivity index (χ4n) is 1.25. The smallest absolute Gasteiger partial charge is 0.188 e. The Bertz CT molecular complexity index is 530. The summed E-state index contributed by atoms with van der Waals surface area (Å²) in [5.41, 5.74) is 0.837. The van der Waals surface area contributed by atoms with E-state index in [1.807, 2.05) is 30.3 Å². The Morgan fingerprint density at radius 3 is 2.94 bits per heavy atom. The van der Waals surface area contributed by atoms with Crippen LogP contribution in [0.15, 0.2) is 30.5 Å². The Morgan fingerprint density at radius 2 is 2.25 bits per heavy atom. The van der Waals surface area contributed by atoms with Gasteiger partial charge in [-0.1, -0.05) is 23.5 Å². The van der Waals surface area contributed by atoms with Crippen molar-refractivity contribution in [3.05, 3.63) is 35.3 Å². The van der Waals surface area contributed by atoms with E-state index in [0.29, 0.717) is 10.0 Å². The van der Waals surface area contributed by atoms with Gasteiger partial charge in [0.2, 0.25) is 0 Å². The van der Waals surface area contributed by atoms with Crippen LogP contribution < -0.4 is 10.1 Å². The van der Waals surface area contributed by atoms with Crippen molar-refractivity contribution in [1.29, 1.82) is 5.26 Å². The molecule has 5 heteroatoms. The number of hydrogen-bond acceptors (Lipinski definition) is 5. The third kappa shape index (κ3) is 2.12. The Balaban J connectivity index is 2.23. The van der Waals surface area contributed by atoms with Crippen molar-refractivity contribution < 1.29 is 4.74 Å². The number of thiazole rings is 1. The lowest BCUT2D eigenvalue weighted by atomic mass is 10.3. The molecule has 1 N–H and O–H groups in total. The molecular formula is C11H9N3OS. The topological polar surface area (TPSA) is 57.9 Å². The van der Waals surface area contributed by atoms with Crippen molar-refractivity contribution in [3.63, 3.8) is 0 Å². The number of ether oxygens (including phenoxy) is 1. The maximum atomic E-state index is 8.69. The monoisotopic (exact) mass is 231 g/mol. The number of benzene rings is 1. The molecule has 1 aromatic carbocycles. The molecule has 2 rings (SSSR count). The molecule has 2 aromatic rings. The number of methoxy groups -OCH3 is 1. The van der Waals surface area contributed by atoms with Gasteiger partial charge in [-0.2, -0.15) is 5.26 Å². The first-order valence-corrected chi connectivity index (χ1v) is 5.41. The SMILES string of the molecule is COc1ccccc1Nc1ncc(C#N)s1. The molecule has 0 spiro atoms.